The molecule has 0 spiro atoms. The molecule has 0 aromatic heterocycles. The van der Waals surface area contributed by atoms with E-state index in [2.05, 4.69) is 25.8 Å². The third-order valence-corrected chi connectivity index (χ3v) is 9.64. The van der Waals surface area contributed by atoms with E-state index in [0.29, 0.717) is 12.1 Å². The van der Waals surface area contributed by atoms with Gasteiger partial charge in [-0.3, -0.25) is 23.0 Å². The summed E-state index contributed by atoms with van der Waals surface area (Å²) in [6.45, 7) is 1.09. The zero-order valence-electron chi connectivity index (χ0n) is 24.0. The quantitative estimate of drug-likeness (QED) is 0.0686. The molecule has 0 fully saturated rings. The number of hydrogen-bond donors (Lipinski definition) is 8. The highest BCUT2D eigenvalue weighted by atomic mass is 32.2. The van der Waals surface area contributed by atoms with E-state index < -0.39 is 111 Å². The fraction of sp³-hybridized carbons (Fsp3) is 0.0417. The molecule has 0 aliphatic heterocycles. The number of phenolic OH excluding ortho intramolecular Hbond substituents is 2. The van der Waals surface area contributed by atoms with Gasteiger partial charge < -0.3 is 21.3 Å². The predicted molar refractivity (Wildman–Crippen MR) is 166 cm³/mol. The van der Waals surface area contributed by atoms with E-state index in [0.717, 1.165) is 43.3 Å². The van der Waals surface area contributed by atoms with Crippen molar-refractivity contribution in [2.75, 3.05) is 11.1 Å². The highest BCUT2D eigenvalue weighted by Crippen LogP contribution is 2.50. The number of amides is 1. The first-order valence-electron chi connectivity index (χ1n) is 12.5. The van der Waals surface area contributed by atoms with Crippen molar-refractivity contribution in [3.05, 3.63) is 48.5 Å². The third-order valence-electron chi connectivity index (χ3n) is 6.14. The molecular formula is C24H20N6O15S4. The number of nitrogens with two attached hydrogens (primary N) is 1. The summed E-state index contributed by atoms with van der Waals surface area (Å²) in [5.41, 5.74) is 1.52. The molecule has 0 unspecified atom stereocenters. The van der Waals surface area contributed by atoms with Crippen LogP contribution in [0.2, 0.25) is 0 Å². The number of fused-ring (bicyclic) bond motifs is 1. The maximum Gasteiger partial charge on any atom is 0.296 e. The van der Waals surface area contributed by atoms with Crippen LogP contribution in [0, 0.1) is 0 Å². The highest BCUT2D eigenvalue weighted by Gasteiger charge is 2.29. The van der Waals surface area contributed by atoms with Gasteiger partial charge in [0.25, 0.3) is 40.5 Å². The number of anilines is 2. The van der Waals surface area contributed by atoms with Crippen LogP contribution in [0.25, 0.3) is 10.8 Å². The lowest BCUT2D eigenvalue weighted by molar-refractivity contribution is -0.114. The lowest BCUT2D eigenvalue weighted by atomic mass is 10.1. The van der Waals surface area contributed by atoms with Crippen LogP contribution in [0.15, 0.2) is 88.6 Å². The number of hydrogen-bond acceptors (Lipinski definition) is 16. The first-order chi connectivity index (χ1) is 22.4. The SMILES string of the molecule is CC(=O)Nc1ccc(N=Nc2c(S(=O)(=O)O)cc3cc(S(=O)(=O)O)c(N=Nc4ccc(N)cc4S(=O)(=O)O)c(O)c3c2O)c(S(=O)(=O)O)c1. The molecule has 0 atom stereocenters. The molecule has 21 nitrogen and oxygen atoms in total. The Balaban J connectivity index is 2.05. The average Bonchev–Trinajstić information content (AvgIpc) is 2.94. The Morgan fingerprint density at radius 2 is 1.02 bits per heavy atom. The fourth-order valence-corrected chi connectivity index (χ4v) is 6.78. The number of azo groups is 2. The van der Waals surface area contributed by atoms with E-state index in [-0.39, 0.29) is 11.4 Å². The summed E-state index contributed by atoms with van der Waals surface area (Å²) >= 11 is 0. The first kappa shape index (κ1) is 36.7. The summed E-state index contributed by atoms with van der Waals surface area (Å²) in [6.07, 6.45) is 0. The van der Waals surface area contributed by atoms with Gasteiger partial charge in [0.15, 0.2) is 11.5 Å². The Labute approximate surface area is 275 Å². The van der Waals surface area contributed by atoms with Gasteiger partial charge in [0, 0.05) is 18.3 Å². The van der Waals surface area contributed by atoms with Gasteiger partial charge in [-0.25, -0.2) is 0 Å². The van der Waals surface area contributed by atoms with Gasteiger partial charge in [-0.2, -0.15) is 33.7 Å². The van der Waals surface area contributed by atoms with Crippen molar-refractivity contribution in [2.45, 2.75) is 26.5 Å². The summed E-state index contributed by atoms with van der Waals surface area (Å²) in [7, 11) is -20.9. The predicted octanol–water partition coefficient (Wildman–Crippen LogP) is 3.61. The standard InChI is InChI=1S/C24H20N6O15S4/c1-10(31)26-13-3-5-15(17(9-13)47(37,38)39)28-30-22-19(49(43,44)45)7-11-6-18(48(40,41)42)21(23(32)20(11)24(22)33)29-27-14-4-2-12(25)8-16(14)46(34,35)36/h2-9,32-33H,25H2,1H3,(H,26,31)(H,34,35,36)(H,37,38,39)(H,40,41,42)(H,43,44,45). The summed E-state index contributed by atoms with van der Waals surface area (Å²) in [6, 6.07) is 6.47. The van der Waals surface area contributed by atoms with Crippen molar-refractivity contribution in [2.24, 2.45) is 20.5 Å². The number of aromatic hydroxyl groups is 2. The number of nitrogens with zero attached hydrogens (tertiary/aromatic N) is 4. The van der Waals surface area contributed by atoms with Crippen LogP contribution in [0.3, 0.4) is 0 Å². The molecule has 49 heavy (non-hydrogen) atoms. The Kier molecular flexibility index (Phi) is 9.51. The van der Waals surface area contributed by atoms with Crippen LogP contribution >= 0.6 is 0 Å². The molecule has 4 aromatic rings. The number of rotatable bonds is 9. The van der Waals surface area contributed by atoms with Gasteiger partial charge in [0.1, 0.15) is 42.3 Å². The van der Waals surface area contributed by atoms with E-state index in [1.807, 2.05) is 0 Å². The zero-order chi connectivity index (χ0) is 36.9. The van der Waals surface area contributed by atoms with Gasteiger partial charge in [0.05, 0.1) is 5.39 Å². The van der Waals surface area contributed by atoms with Crippen LogP contribution in [0.5, 0.6) is 11.5 Å². The number of phenols is 2. The van der Waals surface area contributed by atoms with Gasteiger partial charge in [-0.05, 0) is 53.9 Å². The maximum atomic E-state index is 12.3. The highest BCUT2D eigenvalue weighted by molar-refractivity contribution is 7.86. The van der Waals surface area contributed by atoms with E-state index in [4.69, 9.17) is 5.73 Å². The molecular weight excluding hydrogens is 741 g/mol. The number of benzene rings is 4. The van der Waals surface area contributed by atoms with Crippen LogP contribution in [0.1, 0.15) is 6.92 Å². The lowest BCUT2D eigenvalue weighted by Crippen LogP contribution is -2.07. The summed E-state index contributed by atoms with van der Waals surface area (Å²) in [5, 5.41) is 36.8. The van der Waals surface area contributed by atoms with Gasteiger partial charge in [0.2, 0.25) is 5.91 Å². The largest absolute Gasteiger partial charge is 0.505 e. The number of carbonyl (C=O) groups excluding carboxylic acids is 1. The molecule has 0 aliphatic carbocycles. The second-order valence-electron chi connectivity index (χ2n) is 9.63. The normalized spacial score (nSPS) is 13.0. The topological polar surface area (TPSA) is 363 Å². The molecule has 1 amide bonds. The minimum absolute atomic E-state index is 0.129. The summed E-state index contributed by atoms with van der Waals surface area (Å²) in [5.74, 6) is -3.34. The van der Waals surface area contributed by atoms with Gasteiger partial charge in [-0.15, -0.1) is 20.5 Å². The third kappa shape index (κ3) is 7.95. The van der Waals surface area contributed by atoms with E-state index in [1.165, 1.54) is 0 Å². The number of nitrogens with one attached hydrogen (secondary N) is 1. The molecule has 0 saturated carbocycles. The lowest BCUT2D eigenvalue weighted by Gasteiger charge is -2.13. The van der Waals surface area contributed by atoms with Crippen molar-refractivity contribution in [3.63, 3.8) is 0 Å². The fourth-order valence-electron chi connectivity index (χ4n) is 4.16. The van der Waals surface area contributed by atoms with Crippen molar-refractivity contribution in [1.82, 2.24) is 0 Å². The van der Waals surface area contributed by atoms with Gasteiger partial charge >= 0.3 is 0 Å². The Bertz CT molecular complexity index is 2590. The number of nitrogen functional groups attached to an aromatic ring is 1. The Hall–Kier alpha value is -5.15. The molecule has 0 bridgehead atoms. The maximum absolute atomic E-state index is 12.3. The van der Waals surface area contributed by atoms with Crippen LogP contribution < -0.4 is 11.1 Å². The monoisotopic (exact) mass is 760 g/mol. The van der Waals surface area contributed by atoms with Crippen LogP contribution in [-0.2, 0) is 45.3 Å². The van der Waals surface area contributed by atoms with Crippen molar-refractivity contribution >= 4 is 91.3 Å². The average molecular weight is 761 g/mol. The van der Waals surface area contributed by atoms with Crippen LogP contribution in [0.4, 0.5) is 34.1 Å². The molecule has 0 saturated heterocycles. The first-order valence-corrected chi connectivity index (χ1v) is 18.3. The van der Waals surface area contributed by atoms with Crippen molar-refractivity contribution in [1.29, 1.82) is 0 Å². The second-order valence-corrected chi connectivity index (χ2v) is 15.2. The van der Waals surface area contributed by atoms with Crippen LogP contribution in [-0.4, -0.2) is 68.0 Å². The molecule has 4 rings (SSSR count). The molecule has 260 valence electrons. The summed E-state index contributed by atoms with van der Waals surface area (Å²) < 4.78 is 136. The molecule has 0 radical (unpaired) electrons. The zero-order valence-corrected chi connectivity index (χ0v) is 27.2. The van der Waals surface area contributed by atoms with Crippen molar-refractivity contribution < 1.29 is 66.9 Å². The molecule has 4 aromatic carbocycles. The minimum Gasteiger partial charge on any atom is -0.505 e. The van der Waals surface area contributed by atoms with Gasteiger partial charge in [-0.1, -0.05) is 0 Å². The second kappa shape index (κ2) is 12.7. The Morgan fingerprint density at radius 1 is 0.612 bits per heavy atom. The van der Waals surface area contributed by atoms with E-state index in [9.17, 15) is 66.9 Å². The summed E-state index contributed by atoms with van der Waals surface area (Å²) in [4.78, 5) is 6.91. The molecule has 9 N–H and O–H groups in total. The Morgan fingerprint density at radius 3 is 1.43 bits per heavy atom. The number of carbonyl (C=O) groups is 1. The smallest absolute Gasteiger partial charge is 0.296 e. The molecule has 0 heterocycles. The van der Waals surface area contributed by atoms with E-state index in [1.54, 1.807) is 0 Å². The van der Waals surface area contributed by atoms with E-state index >= 15 is 0 Å². The van der Waals surface area contributed by atoms with Crippen molar-refractivity contribution in [3.8, 4) is 11.5 Å². The minimum atomic E-state index is -5.41. The molecule has 0 aliphatic rings. The molecule has 25 heteroatoms.